The van der Waals surface area contributed by atoms with Gasteiger partial charge in [-0.1, -0.05) is 121 Å². The van der Waals surface area contributed by atoms with Crippen LogP contribution in [0, 0.1) is 22.7 Å². The van der Waals surface area contributed by atoms with Crippen molar-refractivity contribution in [2.24, 2.45) is 11.5 Å². The van der Waals surface area contributed by atoms with Gasteiger partial charge in [0.05, 0.1) is 12.1 Å². The number of hydrogen-bond donors (Lipinski definition) is 4. The van der Waals surface area contributed by atoms with Crippen LogP contribution in [0.4, 0.5) is 0 Å². The molecule has 1 heterocycles. The molecule has 6 N–H and O–H groups in total. The van der Waals surface area contributed by atoms with Gasteiger partial charge in [0.15, 0.2) is 0 Å². The quantitative estimate of drug-likeness (QED) is 0.275. The molecule has 0 bridgehead atoms. The first kappa shape index (κ1) is 27.3. The molecule has 0 radical (unpaired) electrons. The van der Waals surface area contributed by atoms with Crippen LogP contribution in [-0.4, -0.2) is 22.4 Å². The van der Waals surface area contributed by atoms with Gasteiger partial charge >= 0.3 is 0 Å². The molecule has 0 aliphatic carbocycles. The molecule has 4 aromatic carbocycles. The van der Waals surface area contributed by atoms with E-state index < -0.39 is 22.4 Å². The summed E-state index contributed by atoms with van der Waals surface area (Å²) in [6.07, 6.45) is 1.20. The van der Waals surface area contributed by atoms with Gasteiger partial charge in [-0.3, -0.25) is 10.6 Å². The number of rotatable bonds is 8. The number of nitrogens with two attached hydrogens (primary N) is 2. The lowest BCUT2D eigenvalue weighted by Crippen LogP contribution is -2.94. The first-order chi connectivity index (χ1) is 19.3. The topological polar surface area (TPSA) is 124 Å². The van der Waals surface area contributed by atoms with E-state index in [0.717, 1.165) is 22.3 Å². The average Bonchev–Trinajstić information content (AvgIpc) is 2.98. The average molecular weight is 527 g/mol. The first-order valence-corrected chi connectivity index (χ1v) is 13.5. The van der Waals surface area contributed by atoms with Gasteiger partial charge in [0.1, 0.15) is 22.4 Å². The van der Waals surface area contributed by atoms with E-state index in [-0.39, 0.29) is 0 Å². The molecule has 0 spiro atoms. The van der Waals surface area contributed by atoms with Crippen LogP contribution in [0.1, 0.15) is 22.3 Å². The SMILES string of the molecule is N#CC1(Cc2ccccc2)NC(N)(Cc2ccccc2)C(C#N)(Cc2ccccc2)NC1(N)Cc1ccccc1. The molecule has 6 nitrogen and oxygen atoms in total. The Morgan fingerprint density at radius 3 is 0.950 bits per heavy atom. The smallest absolute Gasteiger partial charge is 0.144 e. The van der Waals surface area contributed by atoms with Crippen LogP contribution in [0.5, 0.6) is 0 Å². The van der Waals surface area contributed by atoms with Gasteiger partial charge in [-0.25, -0.2) is 0 Å². The number of hydrogen-bond acceptors (Lipinski definition) is 6. The summed E-state index contributed by atoms with van der Waals surface area (Å²) in [6.45, 7) is 0. The van der Waals surface area contributed by atoms with Crippen LogP contribution < -0.4 is 22.1 Å². The zero-order chi connectivity index (χ0) is 28.1. The van der Waals surface area contributed by atoms with Crippen LogP contribution in [-0.2, 0) is 25.7 Å². The molecule has 1 aliphatic rings. The number of nitrogens with zero attached hydrogens (tertiary/aromatic N) is 2. The molecule has 4 aromatic rings. The van der Waals surface area contributed by atoms with E-state index in [0.29, 0.717) is 25.7 Å². The first-order valence-electron chi connectivity index (χ1n) is 13.5. The van der Waals surface area contributed by atoms with E-state index in [1.807, 2.05) is 121 Å². The summed E-state index contributed by atoms with van der Waals surface area (Å²) in [7, 11) is 0. The van der Waals surface area contributed by atoms with Gasteiger partial charge in [0.25, 0.3) is 0 Å². The third kappa shape index (κ3) is 5.14. The molecule has 1 saturated heterocycles. The van der Waals surface area contributed by atoms with Crippen molar-refractivity contribution in [1.29, 1.82) is 10.5 Å². The van der Waals surface area contributed by atoms with Gasteiger partial charge in [-0.05, 0) is 22.3 Å². The van der Waals surface area contributed by atoms with E-state index in [1.165, 1.54) is 0 Å². The van der Waals surface area contributed by atoms with Crippen molar-refractivity contribution in [3.05, 3.63) is 144 Å². The van der Waals surface area contributed by atoms with Crippen molar-refractivity contribution in [3.63, 3.8) is 0 Å². The number of nitriles is 2. The molecule has 1 fully saturated rings. The summed E-state index contributed by atoms with van der Waals surface area (Å²) < 4.78 is 0. The minimum absolute atomic E-state index is 0.293. The highest BCUT2D eigenvalue weighted by Gasteiger charge is 2.66. The number of piperazine rings is 1. The van der Waals surface area contributed by atoms with Crippen molar-refractivity contribution < 1.29 is 0 Å². The second-order valence-electron chi connectivity index (χ2n) is 10.9. The largest absolute Gasteiger partial charge is 0.311 e. The van der Waals surface area contributed by atoms with Crippen molar-refractivity contribution >= 4 is 0 Å². The fraction of sp³-hybridized carbons (Fsp3) is 0.235. The number of nitrogens with one attached hydrogen (secondary N) is 2. The van der Waals surface area contributed by atoms with Crippen molar-refractivity contribution in [3.8, 4) is 12.1 Å². The maximum Gasteiger partial charge on any atom is 0.144 e. The third-order valence-corrected chi connectivity index (χ3v) is 8.05. The van der Waals surface area contributed by atoms with Gasteiger partial charge in [-0.15, -0.1) is 0 Å². The fourth-order valence-corrected chi connectivity index (χ4v) is 5.97. The molecule has 0 saturated carbocycles. The zero-order valence-corrected chi connectivity index (χ0v) is 22.4. The summed E-state index contributed by atoms with van der Waals surface area (Å²) in [6, 6.07) is 44.3. The Morgan fingerprint density at radius 2 is 0.700 bits per heavy atom. The lowest BCUT2D eigenvalue weighted by atomic mass is 9.65. The molecular weight excluding hydrogens is 492 g/mol. The van der Waals surface area contributed by atoms with Crippen molar-refractivity contribution in [1.82, 2.24) is 10.6 Å². The molecule has 40 heavy (non-hydrogen) atoms. The van der Waals surface area contributed by atoms with Crippen LogP contribution >= 0.6 is 0 Å². The molecular formula is C34H34N6. The Labute approximate surface area is 236 Å². The number of benzene rings is 4. The molecule has 5 rings (SSSR count). The van der Waals surface area contributed by atoms with Gasteiger partial charge in [0, 0.05) is 25.7 Å². The predicted molar refractivity (Wildman–Crippen MR) is 157 cm³/mol. The second-order valence-corrected chi connectivity index (χ2v) is 10.9. The van der Waals surface area contributed by atoms with Crippen LogP contribution in [0.25, 0.3) is 0 Å². The molecule has 6 heteroatoms. The van der Waals surface area contributed by atoms with Gasteiger partial charge in [-0.2, -0.15) is 10.5 Å². The Hall–Kier alpha value is -4.30. The van der Waals surface area contributed by atoms with Crippen LogP contribution in [0.2, 0.25) is 0 Å². The summed E-state index contributed by atoms with van der Waals surface area (Å²) in [4.78, 5) is 0. The highest BCUT2D eigenvalue weighted by atomic mass is 15.4. The zero-order valence-electron chi connectivity index (χ0n) is 22.4. The van der Waals surface area contributed by atoms with E-state index in [9.17, 15) is 10.5 Å². The molecule has 1 aliphatic heterocycles. The summed E-state index contributed by atoms with van der Waals surface area (Å²) in [5, 5.41) is 29.1. The van der Waals surface area contributed by atoms with E-state index in [4.69, 9.17) is 11.5 Å². The van der Waals surface area contributed by atoms with E-state index >= 15 is 0 Å². The lowest BCUT2D eigenvalue weighted by Gasteiger charge is -2.61. The van der Waals surface area contributed by atoms with Crippen molar-refractivity contribution in [2.75, 3.05) is 0 Å². The monoisotopic (exact) mass is 526 g/mol. The van der Waals surface area contributed by atoms with Gasteiger partial charge in [0.2, 0.25) is 0 Å². The second kappa shape index (κ2) is 11.1. The molecule has 0 aromatic heterocycles. The van der Waals surface area contributed by atoms with Crippen molar-refractivity contribution in [2.45, 2.75) is 48.1 Å². The maximum atomic E-state index is 11.0. The van der Waals surface area contributed by atoms with E-state index in [1.54, 1.807) is 0 Å². The Bertz CT molecular complexity index is 1380. The Morgan fingerprint density at radius 1 is 0.450 bits per heavy atom. The van der Waals surface area contributed by atoms with Crippen LogP contribution in [0.3, 0.4) is 0 Å². The Balaban J connectivity index is 1.69. The standard InChI is InChI=1S/C34H34N6/c35-25-31(21-27-13-5-1-6-14-27)33(37,23-29-17-9-3-10-18-29)40-32(26-36,22-28-15-7-2-8-16-28)34(38,39-31)24-30-19-11-4-12-20-30/h1-20,39-40H,21-24,37-38H2. The third-order valence-electron chi connectivity index (χ3n) is 8.05. The normalized spacial score (nSPS) is 27.8. The molecule has 200 valence electrons. The summed E-state index contributed by atoms with van der Waals surface area (Å²) in [5.74, 6) is 0. The Kier molecular flexibility index (Phi) is 7.54. The molecule has 4 atom stereocenters. The summed E-state index contributed by atoms with van der Waals surface area (Å²) >= 11 is 0. The minimum Gasteiger partial charge on any atom is -0.311 e. The van der Waals surface area contributed by atoms with Gasteiger partial charge < -0.3 is 11.5 Å². The van der Waals surface area contributed by atoms with Crippen LogP contribution in [0.15, 0.2) is 121 Å². The predicted octanol–water partition coefficient (Wildman–Crippen LogP) is 3.98. The fourth-order valence-electron chi connectivity index (χ4n) is 5.97. The highest BCUT2D eigenvalue weighted by Crippen LogP contribution is 2.40. The summed E-state index contributed by atoms with van der Waals surface area (Å²) in [5.41, 5.74) is 13.0. The molecule has 4 unspecified atom stereocenters. The lowest BCUT2D eigenvalue weighted by molar-refractivity contribution is -0.00422. The molecule has 0 amide bonds. The minimum atomic E-state index is -1.36. The maximum absolute atomic E-state index is 11.0. The highest BCUT2D eigenvalue weighted by molar-refractivity contribution is 5.42. The van der Waals surface area contributed by atoms with E-state index in [2.05, 4.69) is 22.8 Å².